The summed E-state index contributed by atoms with van der Waals surface area (Å²) in [5, 5.41) is 10.7. The molecule has 0 saturated heterocycles. The van der Waals surface area contributed by atoms with Crippen molar-refractivity contribution in [3.63, 3.8) is 0 Å². The Morgan fingerprint density at radius 1 is 1.27 bits per heavy atom. The Balaban J connectivity index is 0.00000112. The molecule has 0 N–H and O–H groups in total. The van der Waals surface area contributed by atoms with E-state index in [2.05, 4.69) is 6.58 Å². The minimum absolute atomic E-state index is 0. The van der Waals surface area contributed by atoms with Crippen molar-refractivity contribution in [1.29, 1.82) is 0 Å². The molecule has 0 aliphatic heterocycles. The number of carboxylic acids is 1. The second-order valence-electron chi connectivity index (χ2n) is 3.30. The molecule has 3 heteroatoms. The molecule has 0 radical (unpaired) electrons. The molecule has 0 aromatic carbocycles. The smallest absolute Gasteiger partial charge is 0.545 e. The largest absolute Gasteiger partial charge is 1.00 e. The van der Waals surface area contributed by atoms with Crippen molar-refractivity contribution >= 4 is 5.97 Å². The number of carboxylic acid groups (broad SMARTS) is 1. The second kappa shape index (κ2) is 4.79. The SMILES string of the molecule is C=C1C=CC2=C(C(=O)[O-])C=CC2=CC1.[Na+]. The topological polar surface area (TPSA) is 40.1 Å². The third-order valence-electron chi connectivity index (χ3n) is 2.32. The second-order valence-corrected chi connectivity index (χ2v) is 3.30. The van der Waals surface area contributed by atoms with Gasteiger partial charge in [-0.1, -0.05) is 42.5 Å². The maximum Gasteiger partial charge on any atom is 1.00 e. The molecule has 2 aliphatic carbocycles. The van der Waals surface area contributed by atoms with Crippen molar-refractivity contribution in [3.05, 3.63) is 59.3 Å². The number of carbonyl (C=O) groups is 1. The number of fused-ring (bicyclic) bond motifs is 1. The first-order valence-corrected chi connectivity index (χ1v) is 4.38. The Kier molecular flexibility index (Phi) is 3.91. The molecule has 70 valence electrons. The predicted octanol–water partition coefficient (Wildman–Crippen LogP) is -1.95. The Hall–Kier alpha value is -0.830. The van der Waals surface area contributed by atoms with E-state index in [1.54, 1.807) is 18.2 Å². The van der Waals surface area contributed by atoms with E-state index < -0.39 is 5.97 Å². The monoisotopic (exact) mass is 208 g/mol. The summed E-state index contributed by atoms with van der Waals surface area (Å²) in [6.07, 6.45) is 9.74. The number of allylic oxidation sites excluding steroid dienone is 7. The summed E-state index contributed by atoms with van der Waals surface area (Å²) < 4.78 is 0. The van der Waals surface area contributed by atoms with Crippen molar-refractivity contribution in [2.24, 2.45) is 0 Å². The van der Waals surface area contributed by atoms with Crippen molar-refractivity contribution < 1.29 is 39.5 Å². The fraction of sp³-hybridized carbons (Fsp3) is 0.0833. The first-order valence-electron chi connectivity index (χ1n) is 4.38. The molecule has 15 heavy (non-hydrogen) atoms. The van der Waals surface area contributed by atoms with Gasteiger partial charge < -0.3 is 9.90 Å². The molecule has 0 unspecified atom stereocenters. The van der Waals surface area contributed by atoms with Gasteiger partial charge in [-0.05, 0) is 17.6 Å². The van der Waals surface area contributed by atoms with Gasteiger partial charge >= 0.3 is 29.6 Å². The van der Waals surface area contributed by atoms with E-state index in [0.717, 1.165) is 23.1 Å². The molecule has 0 bridgehead atoms. The Morgan fingerprint density at radius 3 is 2.67 bits per heavy atom. The number of aliphatic carboxylic acids is 1. The maximum absolute atomic E-state index is 10.7. The van der Waals surface area contributed by atoms with Crippen LogP contribution in [0.3, 0.4) is 0 Å². The third kappa shape index (κ3) is 2.40. The van der Waals surface area contributed by atoms with Gasteiger partial charge in [-0.25, -0.2) is 0 Å². The summed E-state index contributed by atoms with van der Waals surface area (Å²) in [5.74, 6) is -1.13. The summed E-state index contributed by atoms with van der Waals surface area (Å²) in [7, 11) is 0. The minimum atomic E-state index is -1.13. The minimum Gasteiger partial charge on any atom is -0.545 e. The Labute approximate surface area is 111 Å². The first kappa shape index (κ1) is 12.2. The average Bonchev–Trinajstić information content (AvgIpc) is 2.46. The fourth-order valence-corrected chi connectivity index (χ4v) is 1.56. The molecule has 0 atom stereocenters. The molecule has 0 aromatic rings. The molecule has 2 aliphatic rings. The van der Waals surface area contributed by atoms with Gasteiger partial charge in [-0.2, -0.15) is 0 Å². The van der Waals surface area contributed by atoms with E-state index in [1.807, 2.05) is 12.2 Å². The molecule has 0 aromatic heterocycles. The van der Waals surface area contributed by atoms with Gasteiger partial charge in [0.1, 0.15) is 0 Å². The van der Waals surface area contributed by atoms with Crippen LogP contribution in [0, 0.1) is 0 Å². The van der Waals surface area contributed by atoms with E-state index in [1.165, 1.54) is 0 Å². The Morgan fingerprint density at radius 2 is 2.00 bits per heavy atom. The Bertz CT molecular complexity index is 437. The van der Waals surface area contributed by atoms with E-state index >= 15 is 0 Å². The van der Waals surface area contributed by atoms with Crippen LogP contribution in [0.15, 0.2) is 59.3 Å². The van der Waals surface area contributed by atoms with Gasteiger partial charge in [0.15, 0.2) is 0 Å². The molecule has 0 heterocycles. The van der Waals surface area contributed by atoms with Gasteiger partial charge in [0.25, 0.3) is 0 Å². The van der Waals surface area contributed by atoms with Gasteiger partial charge in [-0.3, -0.25) is 0 Å². The maximum atomic E-state index is 10.7. The average molecular weight is 208 g/mol. The van der Waals surface area contributed by atoms with Crippen LogP contribution in [0.5, 0.6) is 0 Å². The normalized spacial score (nSPS) is 18.1. The van der Waals surface area contributed by atoms with Crippen LogP contribution in [0.1, 0.15) is 6.42 Å². The van der Waals surface area contributed by atoms with E-state index in [9.17, 15) is 9.90 Å². The summed E-state index contributed by atoms with van der Waals surface area (Å²) >= 11 is 0. The fourth-order valence-electron chi connectivity index (χ4n) is 1.56. The van der Waals surface area contributed by atoms with Crippen LogP contribution in [-0.2, 0) is 4.79 Å². The number of rotatable bonds is 1. The van der Waals surface area contributed by atoms with Crippen molar-refractivity contribution in [3.8, 4) is 0 Å². The molecule has 0 amide bonds. The molecule has 0 fully saturated rings. The first-order chi connectivity index (χ1) is 6.68. The molecule has 0 saturated carbocycles. The predicted molar refractivity (Wildman–Crippen MR) is 52.2 cm³/mol. The van der Waals surface area contributed by atoms with Crippen LogP contribution in [0.25, 0.3) is 0 Å². The van der Waals surface area contributed by atoms with E-state index in [0.29, 0.717) is 0 Å². The molecule has 0 spiro atoms. The molecular weight excluding hydrogens is 199 g/mol. The van der Waals surface area contributed by atoms with Crippen LogP contribution >= 0.6 is 0 Å². The summed E-state index contributed by atoms with van der Waals surface area (Å²) in [6.45, 7) is 3.83. The zero-order valence-corrected chi connectivity index (χ0v) is 10.6. The molecular formula is C12H9NaO2. The third-order valence-corrected chi connectivity index (χ3v) is 2.32. The standard InChI is InChI=1S/C12H10O2.Na/c1-8-2-4-9-5-7-11(12(13)14)10(9)6-3-8;/h3-7H,1-2H2,(H,13,14);/q;+1/p-1. The zero-order chi connectivity index (χ0) is 10.1. The van der Waals surface area contributed by atoms with Gasteiger partial charge in [0, 0.05) is 5.57 Å². The molecule has 2 rings (SSSR count). The molecule has 2 nitrogen and oxygen atoms in total. The van der Waals surface area contributed by atoms with E-state index in [-0.39, 0.29) is 35.1 Å². The van der Waals surface area contributed by atoms with Crippen molar-refractivity contribution in [1.82, 2.24) is 0 Å². The quantitative estimate of drug-likeness (QED) is 0.470. The summed E-state index contributed by atoms with van der Waals surface area (Å²) in [6, 6.07) is 0. The number of hydrogen-bond acceptors (Lipinski definition) is 2. The van der Waals surface area contributed by atoms with Gasteiger partial charge in [-0.15, -0.1) is 0 Å². The number of hydrogen-bond donors (Lipinski definition) is 0. The van der Waals surface area contributed by atoms with Crippen LogP contribution < -0.4 is 34.7 Å². The van der Waals surface area contributed by atoms with Crippen molar-refractivity contribution in [2.75, 3.05) is 0 Å². The summed E-state index contributed by atoms with van der Waals surface area (Å²) in [5.41, 5.74) is 2.90. The van der Waals surface area contributed by atoms with Gasteiger partial charge in [0.05, 0.1) is 5.97 Å². The van der Waals surface area contributed by atoms with Crippen molar-refractivity contribution in [2.45, 2.75) is 6.42 Å². The van der Waals surface area contributed by atoms with Crippen LogP contribution in [0.2, 0.25) is 0 Å². The van der Waals surface area contributed by atoms with Crippen LogP contribution in [0.4, 0.5) is 0 Å². The number of carbonyl (C=O) groups excluding carboxylic acids is 1. The van der Waals surface area contributed by atoms with Gasteiger partial charge in [0.2, 0.25) is 0 Å². The van der Waals surface area contributed by atoms with E-state index in [4.69, 9.17) is 0 Å². The zero-order valence-electron chi connectivity index (χ0n) is 8.62. The summed E-state index contributed by atoms with van der Waals surface area (Å²) in [4.78, 5) is 10.7. The van der Waals surface area contributed by atoms with Crippen LogP contribution in [-0.4, -0.2) is 5.97 Å².